The van der Waals surface area contributed by atoms with Gasteiger partial charge in [0.1, 0.15) is 0 Å². The molecule has 0 saturated carbocycles. The molecule has 0 fully saturated rings. The van der Waals surface area contributed by atoms with Gasteiger partial charge in [-0.25, -0.2) is 4.79 Å². The molecule has 2 N–H and O–H groups in total. The van der Waals surface area contributed by atoms with Crippen molar-refractivity contribution in [2.45, 2.75) is 6.18 Å². The van der Waals surface area contributed by atoms with Crippen molar-refractivity contribution in [1.29, 1.82) is 0 Å². The Morgan fingerprint density at radius 1 is 0.969 bits per heavy atom. The van der Waals surface area contributed by atoms with Gasteiger partial charge in [0.25, 0.3) is 5.91 Å². The number of alkyl halides is 3. The highest BCUT2D eigenvalue weighted by Crippen LogP contribution is 2.30. The number of ether oxygens (including phenoxy) is 1. The van der Waals surface area contributed by atoms with E-state index in [1.807, 2.05) is 12.1 Å². The minimum atomic E-state index is -4.52. The number of amides is 1. The van der Waals surface area contributed by atoms with E-state index >= 15 is 0 Å². The summed E-state index contributed by atoms with van der Waals surface area (Å²) in [5.74, 6) is -1.18. The maximum Gasteiger partial charge on any atom is 0.416 e. The van der Waals surface area contributed by atoms with Crippen LogP contribution in [0.4, 0.5) is 18.9 Å². The number of fused-ring (bicyclic) bond motifs is 1. The molecule has 0 aliphatic rings. The van der Waals surface area contributed by atoms with Gasteiger partial charge in [0.2, 0.25) is 0 Å². The number of rotatable bonds is 4. The van der Waals surface area contributed by atoms with Crippen LogP contribution in [0.5, 0.6) is 0 Å². The topological polar surface area (TPSA) is 84.1 Å². The molecule has 4 rings (SSSR count). The van der Waals surface area contributed by atoms with Crippen LogP contribution in [-0.4, -0.2) is 29.2 Å². The van der Waals surface area contributed by atoms with E-state index in [1.54, 1.807) is 30.3 Å². The molecular weight excluding hydrogens is 423 g/mol. The zero-order valence-corrected chi connectivity index (χ0v) is 16.7. The average Bonchev–Trinajstić information content (AvgIpc) is 3.22. The predicted molar refractivity (Wildman–Crippen MR) is 112 cm³/mol. The fraction of sp³-hybridized carbons (Fsp3) is 0.0870. The molecule has 4 aromatic rings. The summed E-state index contributed by atoms with van der Waals surface area (Å²) >= 11 is 0. The highest BCUT2D eigenvalue weighted by molar-refractivity contribution is 6.05. The number of nitrogens with one attached hydrogen (secondary N) is 2. The summed E-state index contributed by atoms with van der Waals surface area (Å²) in [6, 6.07) is 16.5. The smallest absolute Gasteiger partial charge is 0.416 e. The van der Waals surface area contributed by atoms with Crippen LogP contribution in [0.15, 0.2) is 66.7 Å². The van der Waals surface area contributed by atoms with Crippen molar-refractivity contribution in [2.24, 2.45) is 0 Å². The highest BCUT2D eigenvalue weighted by Gasteiger charge is 2.30. The molecule has 0 bridgehead atoms. The number of hydrogen-bond acceptors (Lipinski definition) is 4. The van der Waals surface area contributed by atoms with E-state index in [-0.39, 0.29) is 11.3 Å². The number of carbonyl (C=O) groups excluding carboxylic acids is 2. The summed E-state index contributed by atoms with van der Waals surface area (Å²) in [6.07, 6.45) is -4.52. The Kier molecular flexibility index (Phi) is 5.40. The standard InChI is InChI=1S/C23H16F3N3O3/c1-32-22(31)20-18-10-7-14(12-19(18)28-29-20)13-5-8-17(9-6-13)27-21(30)15-3-2-4-16(11-15)23(24,25)26/h2-12H,1H3,(H,27,30)(H,28,29). The van der Waals surface area contributed by atoms with Crippen LogP contribution in [0.1, 0.15) is 26.4 Å². The van der Waals surface area contributed by atoms with Crippen LogP contribution in [-0.2, 0) is 10.9 Å². The molecule has 162 valence electrons. The van der Waals surface area contributed by atoms with Gasteiger partial charge in [0, 0.05) is 16.6 Å². The van der Waals surface area contributed by atoms with Gasteiger partial charge in [-0.15, -0.1) is 0 Å². The van der Waals surface area contributed by atoms with Crippen molar-refractivity contribution < 1.29 is 27.5 Å². The Balaban J connectivity index is 1.52. The first-order chi connectivity index (χ1) is 15.3. The summed E-state index contributed by atoms with van der Waals surface area (Å²) in [5.41, 5.74) is 1.99. The molecule has 1 amide bonds. The lowest BCUT2D eigenvalue weighted by atomic mass is 10.0. The van der Waals surface area contributed by atoms with Crippen LogP contribution in [0.2, 0.25) is 0 Å². The zero-order chi connectivity index (χ0) is 22.9. The summed E-state index contributed by atoms with van der Waals surface area (Å²) in [5, 5.41) is 10.0. The third kappa shape index (κ3) is 4.18. The molecule has 9 heteroatoms. The molecule has 0 unspecified atom stereocenters. The van der Waals surface area contributed by atoms with Crippen molar-refractivity contribution in [3.8, 4) is 11.1 Å². The van der Waals surface area contributed by atoms with E-state index in [4.69, 9.17) is 4.74 Å². The number of methoxy groups -OCH3 is 1. The molecule has 0 aliphatic carbocycles. The number of anilines is 1. The third-order valence-electron chi connectivity index (χ3n) is 4.87. The zero-order valence-electron chi connectivity index (χ0n) is 16.7. The first kappa shape index (κ1) is 21.1. The van der Waals surface area contributed by atoms with Gasteiger partial charge in [0.15, 0.2) is 5.69 Å². The Labute approximate surface area is 180 Å². The normalized spacial score (nSPS) is 11.4. The molecular formula is C23H16F3N3O3. The Morgan fingerprint density at radius 2 is 1.69 bits per heavy atom. The monoisotopic (exact) mass is 439 g/mol. The maximum atomic E-state index is 12.9. The van der Waals surface area contributed by atoms with E-state index in [1.165, 1.54) is 19.2 Å². The van der Waals surface area contributed by atoms with E-state index in [0.29, 0.717) is 16.6 Å². The fourth-order valence-electron chi connectivity index (χ4n) is 3.24. The van der Waals surface area contributed by atoms with E-state index in [9.17, 15) is 22.8 Å². The van der Waals surface area contributed by atoms with Gasteiger partial charge in [0.05, 0.1) is 18.2 Å². The first-order valence-corrected chi connectivity index (χ1v) is 9.42. The molecule has 6 nitrogen and oxygen atoms in total. The van der Waals surface area contributed by atoms with E-state index in [2.05, 4.69) is 15.5 Å². The van der Waals surface area contributed by atoms with Crippen molar-refractivity contribution in [3.05, 3.63) is 83.6 Å². The lowest BCUT2D eigenvalue weighted by Crippen LogP contribution is -2.13. The molecule has 1 heterocycles. The Hall–Kier alpha value is -4.14. The van der Waals surface area contributed by atoms with Crippen LogP contribution in [0.3, 0.4) is 0 Å². The molecule has 3 aromatic carbocycles. The second-order valence-electron chi connectivity index (χ2n) is 6.93. The van der Waals surface area contributed by atoms with Gasteiger partial charge < -0.3 is 10.1 Å². The van der Waals surface area contributed by atoms with Crippen LogP contribution in [0, 0.1) is 0 Å². The number of nitrogens with zero attached hydrogens (tertiary/aromatic N) is 1. The summed E-state index contributed by atoms with van der Waals surface area (Å²) in [7, 11) is 1.28. The summed E-state index contributed by atoms with van der Waals surface area (Å²) < 4.78 is 43.3. The third-order valence-corrected chi connectivity index (χ3v) is 4.87. The van der Waals surface area contributed by atoms with Crippen molar-refractivity contribution >= 4 is 28.5 Å². The van der Waals surface area contributed by atoms with Gasteiger partial charge in [-0.1, -0.05) is 24.3 Å². The SMILES string of the molecule is COC(=O)c1n[nH]c2cc(-c3ccc(NC(=O)c4cccc(C(F)(F)F)c4)cc3)ccc12. The second-order valence-corrected chi connectivity index (χ2v) is 6.93. The quantitative estimate of drug-likeness (QED) is 0.424. The van der Waals surface area contributed by atoms with Crippen molar-refractivity contribution in [3.63, 3.8) is 0 Å². The van der Waals surface area contributed by atoms with Crippen LogP contribution < -0.4 is 5.32 Å². The molecule has 0 radical (unpaired) electrons. The minimum Gasteiger partial charge on any atom is -0.464 e. The number of esters is 1. The lowest BCUT2D eigenvalue weighted by molar-refractivity contribution is -0.137. The van der Waals surface area contributed by atoms with Gasteiger partial charge in [-0.2, -0.15) is 18.3 Å². The number of aromatic nitrogens is 2. The number of hydrogen-bond donors (Lipinski definition) is 2. The summed E-state index contributed by atoms with van der Waals surface area (Å²) in [6.45, 7) is 0. The average molecular weight is 439 g/mol. The second kappa shape index (κ2) is 8.18. The molecule has 0 saturated heterocycles. The molecule has 0 aliphatic heterocycles. The Bertz CT molecular complexity index is 1310. The summed E-state index contributed by atoms with van der Waals surface area (Å²) in [4.78, 5) is 24.1. The first-order valence-electron chi connectivity index (χ1n) is 9.42. The van der Waals surface area contributed by atoms with Gasteiger partial charge in [-0.3, -0.25) is 9.89 Å². The van der Waals surface area contributed by atoms with E-state index in [0.717, 1.165) is 23.3 Å². The van der Waals surface area contributed by atoms with Gasteiger partial charge >= 0.3 is 12.1 Å². The predicted octanol–water partition coefficient (Wildman–Crippen LogP) is 5.29. The molecule has 32 heavy (non-hydrogen) atoms. The fourth-order valence-corrected chi connectivity index (χ4v) is 3.24. The van der Waals surface area contributed by atoms with Crippen LogP contribution >= 0.6 is 0 Å². The van der Waals surface area contributed by atoms with E-state index < -0.39 is 23.6 Å². The lowest BCUT2D eigenvalue weighted by Gasteiger charge is -2.10. The maximum absolute atomic E-state index is 12.9. The number of H-pyrrole nitrogens is 1. The number of aromatic amines is 1. The molecule has 1 aromatic heterocycles. The number of carbonyl (C=O) groups is 2. The minimum absolute atomic E-state index is 0.0880. The number of halogens is 3. The molecule has 0 atom stereocenters. The van der Waals surface area contributed by atoms with Crippen molar-refractivity contribution in [2.75, 3.05) is 12.4 Å². The molecule has 0 spiro atoms. The van der Waals surface area contributed by atoms with Crippen molar-refractivity contribution in [1.82, 2.24) is 10.2 Å². The number of benzene rings is 3. The highest BCUT2D eigenvalue weighted by atomic mass is 19.4. The Morgan fingerprint density at radius 3 is 2.38 bits per heavy atom. The largest absolute Gasteiger partial charge is 0.464 e. The van der Waals surface area contributed by atoms with Crippen LogP contribution in [0.25, 0.3) is 22.0 Å². The van der Waals surface area contributed by atoms with Gasteiger partial charge in [-0.05, 0) is 53.6 Å².